The van der Waals surface area contributed by atoms with Crippen molar-refractivity contribution in [3.63, 3.8) is 0 Å². The quantitative estimate of drug-likeness (QED) is 0.796. The van der Waals surface area contributed by atoms with Crippen molar-refractivity contribution < 1.29 is 19.8 Å². The number of nitrogens with zero attached hydrogens (tertiary/aromatic N) is 1. The van der Waals surface area contributed by atoms with Gasteiger partial charge in [-0.25, -0.2) is 9.59 Å². The number of hydrogen-bond acceptors (Lipinski definition) is 3. The molecule has 2 amide bonds. The molecule has 0 spiro atoms. The van der Waals surface area contributed by atoms with E-state index in [1.54, 1.807) is 25.2 Å². The Balaban J connectivity index is 2.09. The van der Waals surface area contributed by atoms with E-state index in [1.807, 2.05) is 0 Å². The van der Waals surface area contributed by atoms with Gasteiger partial charge in [0, 0.05) is 7.05 Å². The molecule has 1 aromatic carbocycles. The third-order valence-corrected chi connectivity index (χ3v) is 3.91. The van der Waals surface area contributed by atoms with Gasteiger partial charge in [-0.2, -0.15) is 0 Å². The number of carbonyl (C=O) groups is 2. The number of aromatic carboxylic acids is 1. The number of hydrogen-bond donors (Lipinski definition) is 3. The van der Waals surface area contributed by atoms with Crippen LogP contribution in [0, 0.1) is 0 Å². The van der Waals surface area contributed by atoms with Gasteiger partial charge in [0.25, 0.3) is 0 Å². The highest BCUT2D eigenvalue weighted by atomic mass is 16.4. The summed E-state index contributed by atoms with van der Waals surface area (Å²) < 4.78 is 0. The molecule has 0 radical (unpaired) electrons. The molecule has 2 unspecified atom stereocenters. The average molecular weight is 292 g/mol. The first-order valence-corrected chi connectivity index (χ1v) is 7.05. The molecule has 21 heavy (non-hydrogen) atoms. The summed E-state index contributed by atoms with van der Waals surface area (Å²) in [6, 6.07) is 5.62. The molecule has 0 aliphatic heterocycles. The fourth-order valence-corrected chi connectivity index (χ4v) is 2.68. The zero-order valence-electron chi connectivity index (χ0n) is 12.0. The first kappa shape index (κ1) is 15.3. The number of carbonyl (C=O) groups excluding carboxylic acids is 1. The van der Waals surface area contributed by atoms with E-state index in [1.165, 1.54) is 11.0 Å². The van der Waals surface area contributed by atoms with E-state index in [4.69, 9.17) is 5.11 Å². The summed E-state index contributed by atoms with van der Waals surface area (Å²) in [5.41, 5.74) is 0.301. The Bertz CT molecular complexity index is 532. The number of aliphatic hydroxyl groups is 1. The highest BCUT2D eigenvalue weighted by molar-refractivity contribution is 5.99. The smallest absolute Gasteiger partial charge is 0.337 e. The molecule has 6 heteroatoms. The standard InChI is InChI=1S/C15H20N2O4/c1-17(12-8-4-5-9-13(12)18)15(21)16-11-7-3-2-6-10(11)14(19)20/h2-3,6-7,12-13,18H,4-5,8-9H2,1H3,(H,16,21)(H,19,20). The largest absolute Gasteiger partial charge is 0.478 e. The molecule has 0 saturated heterocycles. The minimum absolute atomic E-state index is 0.0449. The number of likely N-dealkylation sites (N-methyl/N-ethyl adjacent to an activating group) is 1. The van der Waals surface area contributed by atoms with Crippen LogP contribution in [0.1, 0.15) is 36.0 Å². The second-order valence-electron chi connectivity index (χ2n) is 5.31. The Morgan fingerprint density at radius 2 is 1.90 bits per heavy atom. The molecule has 6 nitrogen and oxygen atoms in total. The maximum Gasteiger partial charge on any atom is 0.337 e. The zero-order valence-corrected chi connectivity index (χ0v) is 12.0. The van der Waals surface area contributed by atoms with E-state index < -0.39 is 18.1 Å². The van der Waals surface area contributed by atoms with Crippen LogP contribution in [0.25, 0.3) is 0 Å². The van der Waals surface area contributed by atoms with Gasteiger partial charge in [-0.1, -0.05) is 25.0 Å². The molecule has 3 N–H and O–H groups in total. The van der Waals surface area contributed by atoms with Crippen LogP contribution in [0.4, 0.5) is 10.5 Å². The van der Waals surface area contributed by atoms with E-state index in [0.717, 1.165) is 19.3 Å². The van der Waals surface area contributed by atoms with Gasteiger partial charge in [-0.3, -0.25) is 0 Å². The second-order valence-corrected chi connectivity index (χ2v) is 5.31. The second kappa shape index (κ2) is 6.58. The van der Waals surface area contributed by atoms with Gasteiger partial charge >= 0.3 is 12.0 Å². The van der Waals surface area contributed by atoms with E-state index in [-0.39, 0.29) is 17.3 Å². The maximum absolute atomic E-state index is 12.2. The number of rotatable bonds is 3. The fraction of sp³-hybridized carbons (Fsp3) is 0.467. The zero-order chi connectivity index (χ0) is 15.4. The molecule has 1 aromatic rings. The van der Waals surface area contributed by atoms with Crippen molar-refractivity contribution in [2.45, 2.75) is 37.8 Å². The van der Waals surface area contributed by atoms with Crippen molar-refractivity contribution >= 4 is 17.7 Å². The fourth-order valence-electron chi connectivity index (χ4n) is 2.68. The third-order valence-electron chi connectivity index (χ3n) is 3.91. The van der Waals surface area contributed by atoms with Crippen molar-refractivity contribution in [1.82, 2.24) is 4.90 Å². The lowest BCUT2D eigenvalue weighted by atomic mass is 9.92. The van der Waals surface area contributed by atoms with Gasteiger partial charge < -0.3 is 20.4 Å². The van der Waals surface area contributed by atoms with Crippen molar-refractivity contribution in [3.05, 3.63) is 29.8 Å². The van der Waals surface area contributed by atoms with Crippen LogP contribution < -0.4 is 5.32 Å². The molecule has 0 bridgehead atoms. The van der Waals surface area contributed by atoms with Gasteiger partial charge in [0.05, 0.1) is 23.4 Å². The lowest BCUT2D eigenvalue weighted by molar-refractivity contribution is 0.0493. The molecular weight excluding hydrogens is 272 g/mol. The minimum Gasteiger partial charge on any atom is -0.478 e. The monoisotopic (exact) mass is 292 g/mol. The Kier molecular flexibility index (Phi) is 4.80. The number of anilines is 1. The number of amides is 2. The number of aliphatic hydroxyl groups excluding tert-OH is 1. The third kappa shape index (κ3) is 3.52. The van der Waals surface area contributed by atoms with Crippen LogP contribution >= 0.6 is 0 Å². The summed E-state index contributed by atoms with van der Waals surface area (Å²) in [4.78, 5) is 24.8. The molecule has 1 fully saturated rings. The predicted octanol–water partition coefficient (Wildman–Crippen LogP) is 2.15. The van der Waals surface area contributed by atoms with Gasteiger partial charge in [-0.15, -0.1) is 0 Å². The van der Waals surface area contributed by atoms with E-state index in [2.05, 4.69) is 5.32 Å². The summed E-state index contributed by atoms with van der Waals surface area (Å²) in [6.07, 6.45) is 2.86. The molecule has 2 rings (SSSR count). The normalized spacial score (nSPS) is 21.6. The maximum atomic E-state index is 12.2. The number of benzene rings is 1. The average Bonchev–Trinajstić information content (AvgIpc) is 2.47. The Morgan fingerprint density at radius 3 is 2.57 bits per heavy atom. The first-order chi connectivity index (χ1) is 10.0. The summed E-state index contributed by atoms with van der Waals surface area (Å²) in [5.74, 6) is -1.09. The molecule has 114 valence electrons. The van der Waals surface area contributed by atoms with Crippen LogP contribution in [0.15, 0.2) is 24.3 Å². The van der Waals surface area contributed by atoms with E-state index in [0.29, 0.717) is 6.42 Å². The molecule has 0 aromatic heterocycles. The van der Waals surface area contributed by atoms with Crippen molar-refractivity contribution in [2.24, 2.45) is 0 Å². The Morgan fingerprint density at radius 1 is 1.24 bits per heavy atom. The molecule has 1 aliphatic rings. The number of carboxylic acid groups (broad SMARTS) is 1. The minimum atomic E-state index is -1.09. The van der Waals surface area contributed by atoms with Gasteiger partial charge in [0.1, 0.15) is 0 Å². The number of carboxylic acids is 1. The molecular formula is C15H20N2O4. The lowest BCUT2D eigenvalue weighted by Gasteiger charge is -2.35. The number of para-hydroxylation sites is 1. The summed E-state index contributed by atoms with van der Waals surface area (Å²) in [5, 5.41) is 21.7. The molecule has 1 aliphatic carbocycles. The summed E-state index contributed by atoms with van der Waals surface area (Å²) in [6.45, 7) is 0. The van der Waals surface area contributed by atoms with Crippen LogP contribution in [0.2, 0.25) is 0 Å². The predicted molar refractivity (Wildman–Crippen MR) is 78.4 cm³/mol. The summed E-state index contributed by atoms with van der Waals surface area (Å²) >= 11 is 0. The summed E-state index contributed by atoms with van der Waals surface area (Å²) in [7, 11) is 1.62. The molecule has 2 atom stereocenters. The van der Waals surface area contributed by atoms with Crippen LogP contribution in [0.3, 0.4) is 0 Å². The van der Waals surface area contributed by atoms with Crippen molar-refractivity contribution in [3.8, 4) is 0 Å². The van der Waals surface area contributed by atoms with Gasteiger partial charge in [0.15, 0.2) is 0 Å². The number of nitrogens with one attached hydrogen (secondary N) is 1. The van der Waals surface area contributed by atoms with Crippen LogP contribution in [0.5, 0.6) is 0 Å². The van der Waals surface area contributed by atoms with E-state index >= 15 is 0 Å². The highest BCUT2D eigenvalue weighted by Gasteiger charge is 2.29. The SMILES string of the molecule is CN(C(=O)Nc1ccccc1C(=O)O)C1CCCCC1O. The topological polar surface area (TPSA) is 89.9 Å². The highest BCUT2D eigenvalue weighted by Crippen LogP contribution is 2.23. The van der Waals surface area contributed by atoms with Gasteiger partial charge in [-0.05, 0) is 25.0 Å². The molecule has 0 heterocycles. The van der Waals surface area contributed by atoms with Gasteiger partial charge in [0.2, 0.25) is 0 Å². The molecule has 1 saturated carbocycles. The van der Waals surface area contributed by atoms with Crippen molar-refractivity contribution in [2.75, 3.05) is 12.4 Å². The first-order valence-electron chi connectivity index (χ1n) is 7.05. The Hall–Kier alpha value is -2.08. The van der Waals surface area contributed by atoms with Crippen LogP contribution in [-0.4, -0.2) is 46.3 Å². The van der Waals surface area contributed by atoms with Crippen LogP contribution in [-0.2, 0) is 0 Å². The Labute approximate surface area is 123 Å². The number of urea groups is 1. The van der Waals surface area contributed by atoms with Crippen molar-refractivity contribution in [1.29, 1.82) is 0 Å². The van der Waals surface area contributed by atoms with E-state index in [9.17, 15) is 14.7 Å². The lowest BCUT2D eigenvalue weighted by Crippen LogP contribution is -2.48.